The largest absolute Gasteiger partial charge is 0.372 e. The third-order valence-corrected chi connectivity index (χ3v) is 7.58. The van der Waals surface area contributed by atoms with Crippen molar-refractivity contribution < 1.29 is 0 Å². The first kappa shape index (κ1) is 26.2. The minimum absolute atomic E-state index is 0.0112. The quantitative estimate of drug-likeness (QED) is 0.380. The van der Waals surface area contributed by atoms with Crippen LogP contribution in [0.1, 0.15) is 55.0 Å². The van der Waals surface area contributed by atoms with E-state index in [4.69, 9.17) is 17.2 Å². The monoisotopic (exact) mass is 504 g/mol. The van der Waals surface area contributed by atoms with Crippen molar-refractivity contribution in [3.8, 4) is 5.69 Å². The SMILES string of the molecule is CCN(CC)c1ccc(-n2c(C)cc([C@@H]3[C@@H](c4ccccn4)NC(=S)N3CCCN(C)C)c2C)cc1. The second kappa shape index (κ2) is 11.4. The number of benzene rings is 1. The van der Waals surface area contributed by atoms with Gasteiger partial charge in [-0.05, 0) is 115 Å². The highest BCUT2D eigenvalue weighted by atomic mass is 32.1. The molecule has 1 aromatic carbocycles. The van der Waals surface area contributed by atoms with Crippen molar-refractivity contribution in [3.63, 3.8) is 0 Å². The number of nitrogens with zero attached hydrogens (tertiary/aromatic N) is 5. The first-order chi connectivity index (χ1) is 17.3. The number of hydrogen-bond donors (Lipinski definition) is 1. The molecule has 1 saturated heterocycles. The van der Waals surface area contributed by atoms with E-state index in [0.717, 1.165) is 43.4 Å². The van der Waals surface area contributed by atoms with Crippen LogP contribution in [-0.4, -0.2) is 64.7 Å². The van der Waals surface area contributed by atoms with Gasteiger partial charge in [-0.15, -0.1) is 0 Å². The van der Waals surface area contributed by atoms with Gasteiger partial charge in [-0.2, -0.15) is 0 Å². The van der Waals surface area contributed by atoms with Crippen molar-refractivity contribution in [3.05, 3.63) is 77.4 Å². The van der Waals surface area contributed by atoms with Crippen LogP contribution in [0.2, 0.25) is 0 Å². The van der Waals surface area contributed by atoms with E-state index in [2.05, 4.69) is 109 Å². The predicted octanol–water partition coefficient (Wildman–Crippen LogP) is 5.26. The smallest absolute Gasteiger partial charge is 0.170 e. The Labute approximate surface area is 221 Å². The van der Waals surface area contributed by atoms with Crippen molar-refractivity contribution in [1.29, 1.82) is 0 Å². The first-order valence-electron chi connectivity index (χ1n) is 13.0. The summed E-state index contributed by atoms with van der Waals surface area (Å²) in [6.45, 7) is 12.8. The number of rotatable bonds is 10. The van der Waals surface area contributed by atoms with E-state index in [9.17, 15) is 0 Å². The summed E-state index contributed by atoms with van der Waals surface area (Å²) >= 11 is 5.87. The highest BCUT2D eigenvalue weighted by molar-refractivity contribution is 7.80. The van der Waals surface area contributed by atoms with Crippen LogP contribution in [0.25, 0.3) is 5.69 Å². The molecule has 192 valence electrons. The van der Waals surface area contributed by atoms with Crippen molar-refractivity contribution in [2.75, 3.05) is 45.2 Å². The number of anilines is 1. The number of nitrogens with one attached hydrogen (secondary N) is 1. The van der Waals surface area contributed by atoms with Crippen LogP contribution in [0.4, 0.5) is 5.69 Å². The predicted molar refractivity (Wildman–Crippen MR) is 154 cm³/mol. The summed E-state index contributed by atoms with van der Waals surface area (Å²) in [7, 11) is 4.24. The lowest BCUT2D eigenvalue weighted by Crippen LogP contribution is -2.32. The Bertz CT molecular complexity index is 1150. The summed E-state index contributed by atoms with van der Waals surface area (Å²) in [6.07, 6.45) is 2.92. The zero-order valence-electron chi connectivity index (χ0n) is 22.5. The molecular formula is C29H40N6S. The zero-order chi connectivity index (χ0) is 25.8. The number of aryl methyl sites for hydroxylation is 1. The fraction of sp³-hybridized carbons (Fsp3) is 0.448. The maximum Gasteiger partial charge on any atom is 0.170 e. The Morgan fingerprint density at radius 1 is 1.03 bits per heavy atom. The molecule has 36 heavy (non-hydrogen) atoms. The van der Waals surface area contributed by atoms with Crippen LogP contribution in [0.3, 0.4) is 0 Å². The summed E-state index contributed by atoms with van der Waals surface area (Å²) in [5.74, 6) is 0. The summed E-state index contributed by atoms with van der Waals surface area (Å²) in [5.41, 5.74) is 7.25. The van der Waals surface area contributed by atoms with E-state index in [0.29, 0.717) is 0 Å². The molecule has 6 nitrogen and oxygen atoms in total. The van der Waals surface area contributed by atoms with Gasteiger partial charge in [0.15, 0.2) is 5.11 Å². The number of hydrogen-bond acceptors (Lipinski definition) is 4. The summed E-state index contributed by atoms with van der Waals surface area (Å²) in [6, 6.07) is 17.5. The van der Waals surface area contributed by atoms with Crippen LogP contribution in [0.15, 0.2) is 54.7 Å². The second-order valence-corrected chi connectivity index (χ2v) is 10.2. The van der Waals surface area contributed by atoms with Gasteiger partial charge in [-0.3, -0.25) is 4.98 Å². The van der Waals surface area contributed by atoms with Crippen molar-refractivity contribution in [1.82, 2.24) is 24.7 Å². The highest BCUT2D eigenvalue weighted by Gasteiger charge is 2.41. The van der Waals surface area contributed by atoms with Crippen molar-refractivity contribution in [2.45, 2.75) is 46.2 Å². The molecule has 0 bridgehead atoms. The molecule has 3 aromatic rings. The Morgan fingerprint density at radius 3 is 2.36 bits per heavy atom. The topological polar surface area (TPSA) is 39.6 Å². The van der Waals surface area contributed by atoms with Gasteiger partial charge in [-0.25, -0.2) is 0 Å². The fourth-order valence-electron chi connectivity index (χ4n) is 5.43. The molecule has 2 atom stereocenters. The molecule has 1 aliphatic heterocycles. The molecule has 0 aliphatic carbocycles. The third-order valence-electron chi connectivity index (χ3n) is 7.23. The molecule has 0 radical (unpaired) electrons. The summed E-state index contributed by atoms with van der Waals surface area (Å²) in [5, 5.41) is 4.41. The van der Waals surface area contributed by atoms with E-state index >= 15 is 0 Å². The lowest BCUT2D eigenvalue weighted by molar-refractivity contribution is 0.292. The lowest BCUT2D eigenvalue weighted by atomic mass is 9.96. The molecule has 1 N–H and O–H groups in total. The van der Waals surface area contributed by atoms with Gasteiger partial charge in [0.25, 0.3) is 0 Å². The van der Waals surface area contributed by atoms with E-state index in [1.807, 2.05) is 12.3 Å². The molecule has 0 unspecified atom stereocenters. The van der Waals surface area contributed by atoms with Gasteiger partial charge in [-0.1, -0.05) is 6.07 Å². The van der Waals surface area contributed by atoms with Crippen LogP contribution in [0.5, 0.6) is 0 Å². The number of thiocarbonyl (C=S) groups is 1. The van der Waals surface area contributed by atoms with E-state index in [-0.39, 0.29) is 12.1 Å². The van der Waals surface area contributed by atoms with Gasteiger partial charge >= 0.3 is 0 Å². The van der Waals surface area contributed by atoms with E-state index in [1.54, 1.807) is 0 Å². The lowest BCUT2D eigenvalue weighted by Gasteiger charge is -2.28. The molecule has 7 heteroatoms. The molecule has 2 aromatic heterocycles. The van der Waals surface area contributed by atoms with Crippen LogP contribution in [-0.2, 0) is 0 Å². The number of pyridine rings is 1. The summed E-state index contributed by atoms with van der Waals surface area (Å²) < 4.78 is 2.37. The third kappa shape index (κ3) is 5.27. The molecule has 0 saturated carbocycles. The molecule has 0 spiro atoms. The molecule has 1 fully saturated rings. The molecule has 1 aliphatic rings. The molecular weight excluding hydrogens is 464 g/mol. The second-order valence-electron chi connectivity index (χ2n) is 9.83. The van der Waals surface area contributed by atoms with Crippen LogP contribution in [0, 0.1) is 13.8 Å². The van der Waals surface area contributed by atoms with Gasteiger partial charge in [0.2, 0.25) is 0 Å². The Balaban J connectivity index is 1.72. The van der Waals surface area contributed by atoms with Crippen LogP contribution < -0.4 is 10.2 Å². The standard InChI is InChI=1S/C29H40N6S/c1-7-33(8-2)23-13-15-24(16-14-23)35-21(3)20-25(22(35)4)28-27(26-12-9-10-17-30-26)31-29(36)34(28)19-11-18-32(5)6/h9-10,12-17,20,27-28H,7-8,11,18-19H2,1-6H3,(H,31,36)/t27-,28-/m1/s1. The van der Waals surface area contributed by atoms with Gasteiger partial charge in [0, 0.05) is 48.6 Å². The van der Waals surface area contributed by atoms with Crippen molar-refractivity contribution in [2.24, 2.45) is 0 Å². The average molecular weight is 505 g/mol. The maximum atomic E-state index is 5.87. The first-order valence-corrected chi connectivity index (χ1v) is 13.4. The zero-order valence-corrected chi connectivity index (χ0v) is 23.3. The fourth-order valence-corrected chi connectivity index (χ4v) is 5.76. The Kier molecular flexibility index (Phi) is 8.32. The van der Waals surface area contributed by atoms with E-state index in [1.165, 1.54) is 28.3 Å². The Morgan fingerprint density at radius 2 is 1.75 bits per heavy atom. The van der Waals surface area contributed by atoms with Gasteiger partial charge in [0.05, 0.1) is 17.8 Å². The minimum Gasteiger partial charge on any atom is -0.372 e. The average Bonchev–Trinajstić information content (AvgIpc) is 3.35. The molecule has 3 heterocycles. The molecule has 4 rings (SSSR count). The maximum absolute atomic E-state index is 5.87. The normalized spacial score (nSPS) is 17.6. The molecule has 0 amide bonds. The highest BCUT2D eigenvalue weighted by Crippen LogP contribution is 2.41. The minimum atomic E-state index is 0.0112. The van der Waals surface area contributed by atoms with Crippen molar-refractivity contribution >= 4 is 23.0 Å². The Hall–Kier alpha value is -2.90. The van der Waals surface area contributed by atoms with E-state index < -0.39 is 0 Å². The van der Waals surface area contributed by atoms with Gasteiger partial charge < -0.3 is 24.6 Å². The van der Waals surface area contributed by atoms with Gasteiger partial charge in [0.1, 0.15) is 0 Å². The van der Waals surface area contributed by atoms with Crippen LogP contribution >= 0.6 is 12.2 Å². The number of aromatic nitrogens is 2. The summed E-state index contributed by atoms with van der Waals surface area (Å²) in [4.78, 5) is 11.7.